The van der Waals surface area contributed by atoms with Gasteiger partial charge in [-0.05, 0) is 18.2 Å². The van der Waals surface area contributed by atoms with Crippen molar-refractivity contribution in [2.45, 2.75) is 12.5 Å². The molecule has 0 aliphatic carbocycles. The van der Waals surface area contributed by atoms with E-state index < -0.39 is 18.0 Å². The molecule has 0 radical (unpaired) electrons. The van der Waals surface area contributed by atoms with E-state index in [9.17, 15) is 9.59 Å². The third-order valence-electron chi connectivity index (χ3n) is 2.64. The minimum Gasteiger partial charge on any atom is -0.497 e. The normalized spacial score (nSPS) is 11.6. The van der Waals surface area contributed by atoms with Crippen LogP contribution in [0, 0.1) is 0 Å². The van der Waals surface area contributed by atoms with Crippen LogP contribution in [0.4, 0.5) is 0 Å². The first-order valence-corrected chi connectivity index (χ1v) is 5.90. The van der Waals surface area contributed by atoms with Crippen LogP contribution in [0.15, 0.2) is 18.2 Å². The van der Waals surface area contributed by atoms with Crippen molar-refractivity contribution in [3.63, 3.8) is 0 Å². The van der Waals surface area contributed by atoms with Crippen molar-refractivity contribution in [3.8, 4) is 11.5 Å². The number of aliphatic hydroxyl groups excluding tert-OH is 1. The molecule has 0 bridgehead atoms. The molecule has 0 heterocycles. The molecule has 0 saturated heterocycles. The van der Waals surface area contributed by atoms with Crippen molar-refractivity contribution in [1.82, 2.24) is 5.32 Å². The topological polar surface area (TPSA) is 105 Å². The molecule has 0 spiro atoms. The Morgan fingerprint density at radius 2 is 2.00 bits per heavy atom. The number of hydrogen-bond acceptors (Lipinski definition) is 5. The van der Waals surface area contributed by atoms with E-state index in [0.717, 1.165) is 0 Å². The number of rotatable bonds is 7. The van der Waals surface area contributed by atoms with Gasteiger partial charge in [-0.3, -0.25) is 4.79 Å². The van der Waals surface area contributed by atoms with Crippen molar-refractivity contribution in [2.24, 2.45) is 0 Å². The predicted molar refractivity (Wildman–Crippen MR) is 70.1 cm³/mol. The smallest absolute Gasteiger partial charge is 0.332 e. The van der Waals surface area contributed by atoms with Gasteiger partial charge in [0.1, 0.15) is 11.5 Å². The largest absolute Gasteiger partial charge is 0.497 e. The molecular weight excluding hydrogens is 266 g/mol. The quantitative estimate of drug-likeness (QED) is 0.663. The summed E-state index contributed by atoms with van der Waals surface area (Å²) < 4.78 is 10.1. The highest BCUT2D eigenvalue weighted by molar-refractivity contribution is 5.97. The third kappa shape index (κ3) is 4.13. The standard InChI is InChI=1S/C13H17NO6/c1-19-8-3-4-11(20-2)9(7-8)12(16)14-6-5-10(15)13(17)18/h3-4,7,10,15H,5-6H2,1-2H3,(H,14,16)(H,17,18)/t10-/m0/s1. The van der Waals surface area contributed by atoms with Crippen LogP contribution in [0.25, 0.3) is 0 Å². The fraction of sp³-hybridized carbons (Fsp3) is 0.385. The third-order valence-corrected chi connectivity index (χ3v) is 2.64. The summed E-state index contributed by atoms with van der Waals surface area (Å²) in [5, 5.41) is 20.1. The van der Waals surface area contributed by atoms with Crippen LogP contribution in [-0.2, 0) is 4.79 Å². The summed E-state index contributed by atoms with van der Waals surface area (Å²) in [6.45, 7) is 0.0344. The number of ether oxygens (including phenoxy) is 2. The lowest BCUT2D eigenvalue weighted by Gasteiger charge is -2.11. The fourth-order valence-electron chi connectivity index (χ4n) is 1.53. The molecule has 1 rings (SSSR count). The summed E-state index contributed by atoms with van der Waals surface area (Å²) in [6.07, 6.45) is -1.57. The molecule has 3 N–H and O–H groups in total. The lowest BCUT2D eigenvalue weighted by molar-refractivity contribution is -0.146. The number of amides is 1. The molecule has 7 heteroatoms. The maximum atomic E-state index is 12.0. The second kappa shape index (κ2) is 7.34. The van der Waals surface area contributed by atoms with Crippen LogP contribution in [0.3, 0.4) is 0 Å². The highest BCUT2D eigenvalue weighted by atomic mass is 16.5. The van der Waals surface area contributed by atoms with Crippen LogP contribution in [0.5, 0.6) is 11.5 Å². The number of carbonyl (C=O) groups is 2. The van der Waals surface area contributed by atoms with E-state index in [1.807, 2.05) is 0 Å². The monoisotopic (exact) mass is 283 g/mol. The SMILES string of the molecule is COc1ccc(OC)c(C(=O)NCC[C@H](O)C(=O)O)c1. The Kier molecular flexibility index (Phi) is 5.79. The molecule has 0 aromatic heterocycles. The van der Waals surface area contributed by atoms with Gasteiger partial charge in [0.2, 0.25) is 0 Å². The lowest BCUT2D eigenvalue weighted by atomic mass is 10.1. The molecule has 7 nitrogen and oxygen atoms in total. The van der Waals surface area contributed by atoms with Gasteiger partial charge in [0, 0.05) is 13.0 Å². The number of methoxy groups -OCH3 is 2. The van der Waals surface area contributed by atoms with E-state index in [0.29, 0.717) is 11.5 Å². The summed E-state index contributed by atoms with van der Waals surface area (Å²) in [5.41, 5.74) is 0.275. The van der Waals surface area contributed by atoms with Gasteiger partial charge in [-0.15, -0.1) is 0 Å². The lowest BCUT2D eigenvalue weighted by Crippen LogP contribution is -2.30. The highest BCUT2D eigenvalue weighted by Gasteiger charge is 2.16. The number of carboxylic acid groups (broad SMARTS) is 1. The highest BCUT2D eigenvalue weighted by Crippen LogP contribution is 2.23. The average molecular weight is 283 g/mol. The summed E-state index contributed by atoms with van der Waals surface area (Å²) in [4.78, 5) is 22.4. The van der Waals surface area contributed by atoms with E-state index in [1.165, 1.54) is 20.3 Å². The zero-order valence-electron chi connectivity index (χ0n) is 11.3. The van der Waals surface area contributed by atoms with E-state index >= 15 is 0 Å². The average Bonchev–Trinajstić information content (AvgIpc) is 2.45. The van der Waals surface area contributed by atoms with Crippen LogP contribution in [-0.4, -0.2) is 49.0 Å². The summed E-state index contributed by atoms with van der Waals surface area (Å²) >= 11 is 0. The van der Waals surface area contributed by atoms with Gasteiger partial charge in [-0.1, -0.05) is 0 Å². The number of aliphatic carboxylic acids is 1. The summed E-state index contributed by atoms with van der Waals surface area (Å²) in [6, 6.07) is 4.77. The second-order valence-corrected chi connectivity index (χ2v) is 3.96. The number of hydrogen-bond donors (Lipinski definition) is 3. The Labute approximate surface area is 116 Å². The van der Waals surface area contributed by atoms with Crippen molar-refractivity contribution in [2.75, 3.05) is 20.8 Å². The van der Waals surface area contributed by atoms with Crippen LogP contribution >= 0.6 is 0 Å². The van der Waals surface area contributed by atoms with Crippen molar-refractivity contribution in [1.29, 1.82) is 0 Å². The molecule has 0 aliphatic heterocycles. The van der Waals surface area contributed by atoms with Gasteiger partial charge in [-0.25, -0.2) is 4.79 Å². The van der Waals surface area contributed by atoms with Crippen LogP contribution < -0.4 is 14.8 Å². The molecule has 1 amide bonds. The number of aliphatic hydroxyl groups is 1. The molecule has 0 fully saturated rings. The van der Waals surface area contributed by atoms with E-state index in [1.54, 1.807) is 12.1 Å². The molecule has 1 atom stereocenters. The molecule has 110 valence electrons. The zero-order chi connectivity index (χ0) is 15.1. The van der Waals surface area contributed by atoms with E-state index in [-0.39, 0.29) is 18.5 Å². The first-order valence-electron chi connectivity index (χ1n) is 5.90. The number of carboxylic acids is 1. The van der Waals surface area contributed by atoms with Crippen molar-refractivity contribution < 1.29 is 29.3 Å². The van der Waals surface area contributed by atoms with E-state index in [2.05, 4.69) is 5.32 Å². The first-order chi connectivity index (χ1) is 9.49. The van der Waals surface area contributed by atoms with Crippen LogP contribution in [0.1, 0.15) is 16.8 Å². The van der Waals surface area contributed by atoms with Gasteiger partial charge < -0.3 is 25.0 Å². The summed E-state index contributed by atoms with van der Waals surface area (Å²) in [5.74, 6) is -0.875. The Hall–Kier alpha value is -2.28. The Morgan fingerprint density at radius 3 is 2.55 bits per heavy atom. The number of benzene rings is 1. The maximum Gasteiger partial charge on any atom is 0.332 e. The molecule has 0 unspecified atom stereocenters. The Balaban J connectivity index is 2.69. The molecule has 20 heavy (non-hydrogen) atoms. The minimum atomic E-state index is -1.50. The molecule has 0 aliphatic rings. The molecule has 0 saturated carbocycles. The van der Waals surface area contributed by atoms with Gasteiger partial charge in [-0.2, -0.15) is 0 Å². The molecule has 1 aromatic rings. The first kappa shape index (κ1) is 15.8. The predicted octanol–water partition coefficient (Wildman–Crippen LogP) is 0.269. The van der Waals surface area contributed by atoms with E-state index in [4.69, 9.17) is 19.7 Å². The number of nitrogens with one attached hydrogen (secondary N) is 1. The fourth-order valence-corrected chi connectivity index (χ4v) is 1.53. The Bertz CT molecular complexity index is 488. The number of carbonyl (C=O) groups excluding carboxylic acids is 1. The Morgan fingerprint density at radius 1 is 1.30 bits per heavy atom. The van der Waals surface area contributed by atoms with Gasteiger partial charge in [0.25, 0.3) is 5.91 Å². The van der Waals surface area contributed by atoms with Gasteiger partial charge in [0.15, 0.2) is 6.10 Å². The van der Waals surface area contributed by atoms with Gasteiger partial charge in [0.05, 0.1) is 19.8 Å². The summed E-state index contributed by atoms with van der Waals surface area (Å²) in [7, 11) is 2.92. The van der Waals surface area contributed by atoms with Crippen molar-refractivity contribution in [3.05, 3.63) is 23.8 Å². The zero-order valence-corrected chi connectivity index (χ0v) is 11.3. The van der Waals surface area contributed by atoms with Crippen molar-refractivity contribution >= 4 is 11.9 Å². The minimum absolute atomic E-state index is 0.0344. The molecular formula is C13H17NO6. The maximum absolute atomic E-state index is 12.0. The van der Waals surface area contributed by atoms with Crippen LogP contribution in [0.2, 0.25) is 0 Å². The molecule has 1 aromatic carbocycles. The second-order valence-electron chi connectivity index (χ2n) is 3.96. The van der Waals surface area contributed by atoms with Gasteiger partial charge >= 0.3 is 5.97 Å².